The van der Waals surface area contributed by atoms with Crippen molar-refractivity contribution in [3.05, 3.63) is 163 Å². The fourth-order valence-electron chi connectivity index (χ4n) is 9.65. The maximum absolute atomic E-state index is 9.82. The SMILES string of the molecule is CC1(c2ccc(-c3cc(-c4cccc(C#N)c4)cc(-c4nc(-c5cccc6ccccc56)nc(-c5cccc6ccccc56)n4)c3)cc2)C[C@@H]2CC[C@@H](C2)C1. The van der Waals surface area contributed by atoms with Gasteiger partial charge >= 0.3 is 0 Å². The van der Waals surface area contributed by atoms with Crippen molar-refractivity contribution in [2.75, 3.05) is 0 Å². The zero-order chi connectivity index (χ0) is 36.9. The van der Waals surface area contributed by atoms with Gasteiger partial charge in [-0.2, -0.15) is 5.26 Å². The van der Waals surface area contributed by atoms with Crippen LogP contribution in [0.15, 0.2) is 152 Å². The van der Waals surface area contributed by atoms with E-state index in [0.717, 1.165) is 72.3 Å². The average Bonchev–Trinajstić information content (AvgIpc) is 3.60. The Bertz CT molecular complexity index is 2670. The number of fused-ring (bicyclic) bond motifs is 4. The van der Waals surface area contributed by atoms with E-state index in [-0.39, 0.29) is 5.41 Å². The number of rotatable bonds is 6. The molecular formula is C51H40N4. The van der Waals surface area contributed by atoms with Gasteiger partial charge in [0.25, 0.3) is 0 Å². The molecule has 0 spiro atoms. The molecule has 1 aromatic heterocycles. The van der Waals surface area contributed by atoms with Gasteiger partial charge in [-0.15, -0.1) is 0 Å². The first-order chi connectivity index (χ1) is 27.0. The summed E-state index contributed by atoms with van der Waals surface area (Å²) < 4.78 is 0. The van der Waals surface area contributed by atoms with Gasteiger partial charge in [0.05, 0.1) is 11.6 Å². The number of hydrogen-bond donors (Lipinski definition) is 0. The zero-order valence-corrected chi connectivity index (χ0v) is 30.9. The monoisotopic (exact) mass is 708 g/mol. The minimum atomic E-state index is 0.230. The number of benzene rings is 7. The first-order valence-corrected chi connectivity index (χ1v) is 19.5. The summed E-state index contributed by atoms with van der Waals surface area (Å²) in [6.45, 7) is 2.48. The normalized spacial score (nSPS) is 19.1. The van der Waals surface area contributed by atoms with Crippen LogP contribution in [0.2, 0.25) is 0 Å². The number of nitrogens with zero attached hydrogens (tertiary/aromatic N) is 4. The van der Waals surface area contributed by atoms with Crippen LogP contribution in [0.5, 0.6) is 0 Å². The molecule has 7 aromatic carbocycles. The molecule has 4 nitrogen and oxygen atoms in total. The molecule has 2 aliphatic carbocycles. The summed E-state index contributed by atoms with van der Waals surface area (Å²) >= 11 is 0. The molecule has 0 aliphatic heterocycles. The Kier molecular flexibility index (Phi) is 8.11. The fourth-order valence-corrected chi connectivity index (χ4v) is 9.65. The van der Waals surface area contributed by atoms with Crippen LogP contribution >= 0.6 is 0 Å². The van der Waals surface area contributed by atoms with Crippen molar-refractivity contribution in [3.63, 3.8) is 0 Å². The highest BCUT2D eigenvalue weighted by molar-refractivity contribution is 5.97. The van der Waals surface area contributed by atoms with Crippen LogP contribution in [-0.4, -0.2) is 15.0 Å². The van der Waals surface area contributed by atoms with E-state index in [1.807, 2.05) is 18.2 Å². The van der Waals surface area contributed by atoms with Crippen LogP contribution in [0.4, 0.5) is 0 Å². The van der Waals surface area contributed by atoms with Crippen LogP contribution in [0.1, 0.15) is 50.2 Å². The third kappa shape index (κ3) is 6.16. The van der Waals surface area contributed by atoms with Gasteiger partial charge in [0.15, 0.2) is 17.5 Å². The quantitative estimate of drug-likeness (QED) is 0.172. The second-order valence-corrected chi connectivity index (χ2v) is 15.9. The highest BCUT2D eigenvalue weighted by Crippen LogP contribution is 2.52. The standard InChI is InChI=1S/C51H40N4/c1-51(30-33-19-20-34(25-33)31-51)43-23-21-36(22-24-43)40-27-41(39-14-6-9-35(26-39)32-52)29-42(28-40)48-53-49(46-17-7-12-37-10-2-4-15-44(37)46)55-50(54-48)47-18-8-13-38-11-3-5-16-45(38)47/h2-18,21-24,26-29,33-34H,19-20,25,30-31H2,1H3/t33-,34+,51?. The second kappa shape index (κ2) is 13.4. The second-order valence-electron chi connectivity index (χ2n) is 15.9. The first-order valence-electron chi connectivity index (χ1n) is 19.5. The molecule has 3 atom stereocenters. The molecule has 10 rings (SSSR count). The van der Waals surface area contributed by atoms with E-state index in [4.69, 9.17) is 15.0 Å². The summed E-state index contributed by atoms with van der Waals surface area (Å²) in [7, 11) is 0. The van der Waals surface area contributed by atoms with Gasteiger partial charge < -0.3 is 0 Å². The zero-order valence-electron chi connectivity index (χ0n) is 30.9. The molecule has 2 aliphatic rings. The molecule has 1 unspecified atom stereocenters. The summed E-state index contributed by atoms with van der Waals surface area (Å²) in [5.74, 6) is 3.58. The Labute approximate surface area is 322 Å². The molecule has 2 bridgehead atoms. The minimum absolute atomic E-state index is 0.230. The molecule has 0 radical (unpaired) electrons. The van der Waals surface area contributed by atoms with E-state index in [1.165, 1.54) is 37.7 Å². The fraction of sp³-hybridized carbons (Fsp3) is 0.176. The van der Waals surface area contributed by atoms with Crippen molar-refractivity contribution in [1.29, 1.82) is 5.26 Å². The minimum Gasteiger partial charge on any atom is -0.208 e. The van der Waals surface area contributed by atoms with Crippen molar-refractivity contribution in [2.45, 2.75) is 44.4 Å². The van der Waals surface area contributed by atoms with Crippen LogP contribution in [0.25, 0.3) is 78.0 Å². The Balaban J connectivity index is 1.16. The van der Waals surface area contributed by atoms with E-state index < -0.39 is 0 Å². The lowest BCUT2D eigenvalue weighted by Crippen LogP contribution is -2.30. The summed E-state index contributed by atoms with van der Waals surface area (Å²) in [6.07, 6.45) is 6.77. The molecule has 8 aromatic rings. The number of nitriles is 1. The topological polar surface area (TPSA) is 62.5 Å². The van der Waals surface area contributed by atoms with Gasteiger partial charge in [-0.1, -0.05) is 141 Å². The van der Waals surface area contributed by atoms with Gasteiger partial charge in [-0.3, -0.25) is 0 Å². The molecule has 2 saturated carbocycles. The lowest BCUT2D eigenvalue weighted by molar-refractivity contribution is 0.232. The largest absolute Gasteiger partial charge is 0.208 e. The van der Waals surface area contributed by atoms with Crippen LogP contribution in [0.3, 0.4) is 0 Å². The van der Waals surface area contributed by atoms with E-state index in [9.17, 15) is 5.26 Å². The highest BCUT2D eigenvalue weighted by atomic mass is 15.0. The number of hydrogen-bond acceptors (Lipinski definition) is 4. The van der Waals surface area contributed by atoms with Crippen molar-refractivity contribution in [2.24, 2.45) is 11.8 Å². The summed E-state index contributed by atoms with van der Waals surface area (Å²) in [6, 6.07) is 55.4. The van der Waals surface area contributed by atoms with E-state index in [2.05, 4.69) is 146 Å². The molecule has 264 valence electrons. The smallest absolute Gasteiger partial charge is 0.164 e. The van der Waals surface area contributed by atoms with Gasteiger partial charge in [0.1, 0.15) is 0 Å². The van der Waals surface area contributed by atoms with Gasteiger partial charge in [-0.25, -0.2) is 15.0 Å². The molecular weight excluding hydrogens is 669 g/mol. The Morgan fingerprint density at radius 2 is 1.04 bits per heavy atom. The van der Waals surface area contributed by atoms with Gasteiger partial charge in [0.2, 0.25) is 0 Å². The van der Waals surface area contributed by atoms with Crippen molar-refractivity contribution in [1.82, 2.24) is 15.0 Å². The predicted octanol–water partition coefficient (Wildman–Crippen LogP) is 12.9. The van der Waals surface area contributed by atoms with Crippen molar-refractivity contribution in [3.8, 4) is 62.5 Å². The van der Waals surface area contributed by atoms with Crippen LogP contribution in [0, 0.1) is 23.2 Å². The van der Waals surface area contributed by atoms with E-state index in [1.54, 1.807) is 0 Å². The average molecular weight is 709 g/mol. The lowest BCUT2D eigenvalue weighted by Gasteiger charge is -2.38. The third-order valence-corrected chi connectivity index (χ3v) is 12.3. The Hall–Kier alpha value is -6.44. The van der Waals surface area contributed by atoms with Gasteiger partial charge in [-0.05, 0) is 116 Å². The maximum atomic E-state index is 9.82. The molecule has 2 fully saturated rings. The maximum Gasteiger partial charge on any atom is 0.164 e. The molecule has 0 amide bonds. The van der Waals surface area contributed by atoms with Gasteiger partial charge in [0, 0.05) is 16.7 Å². The van der Waals surface area contributed by atoms with Crippen LogP contribution < -0.4 is 0 Å². The predicted molar refractivity (Wildman–Crippen MR) is 224 cm³/mol. The lowest BCUT2D eigenvalue weighted by atomic mass is 9.66. The summed E-state index contributed by atoms with van der Waals surface area (Å²) in [5.41, 5.74) is 9.31. The molecule has 1 heterocycles. The molecule has 4 heteroatoms. The Morgan fingerprint density at radius 1 is 0.509 bits per heavy atom. The van der Waals surface area contributed by atoms with Crippen LogP contribution in [-0.2, 0) is 5.41 Å². The molecule has 55 heavy (non-hydrogen) atoms. The summed E-state index contributed by atoms with van der Waals surface area (Å²) in [4.78, 5) is 15.7. The van der Waals surface area contributed by atoms with Crippen molar-refractivity contribution < 1.29 is 0 Å². The number of aromatic nitrogens is 3. The Morgan fingerprint density at radius 3 is 1.65 bits per heavy atom. The van der Waals surface area contributed by atoms with Crippen molar-refractivity contribution >= 4 is 21.5 Å². The summed E-state index contributed by atoms with van der Waals surface area (Å²) in [5, 5.41) is 14.3. The first kappa shape index (κ1) is 33.2. The third-order valence-electron chi connectivity index (χ3n) is 12.3. The molecule has 0 N–H and O–H groups in total. The van der Waals surface area contributed by atoms with E-state index in [0.29, 0.717) is 23.0 Å². The molecule has 0 saturated heterocycles. The van der Waals surface area contributed by atoms with E-state index >= 15 is 0 Å². The highest BCUT2D eigenvalue weighted by Gasteiger charge is 2.41.